The first kappa shape index (κ1) is 22.2. The zero-order valence-corrected chi connectivity index (χ0v) is 17.7. The number of aromatic nitrogens is 2. The molecule has 1 saturated heterocycles. The van der Waals surface area contributed by atoms with E-state index in [1.165, 1.54) is 12.1 Å². The van der Waals surface area contributed by atoms with Crippen molar-refractivity contribution in [2.45, 2.75) is 50.0 Å². The van der Waals surface area contributed by atoms with E-state index in [-0.39, 0.29) is 36.6 Å². The number of hydrogen-bond donors (Lipinski definition) is 1. The van der Waals surface area contributed by atoms with E-state index in [9.17, 15) is 37.5 Å². The van der Waals surface area contributed by atoms with Crippen LogP contribution in [0.4, 0.5) is 18.0 Å². The fourth-order valence-electron chi connectivity index (χ4n) is 5.22. The summed E-state index contributed by atoms with van der Waals surface area (Å²) in [5.74, 6) is -1.53. The number of aromatic carboxylic acids is 1. The standard InChI is InChI=1S/C22H20F3N3O6/c23-22(24,25)16-3-1-2-14-13(16)4-5-17(14)28-18(29)15(19(30)31)10-27(20(28)32)12-8-11(9-12)26-6-7-34-21(26)33/h1-3,10-12,17H,4-9H2,(H,30,31)/t11?,12?,17-/m1/s1. The molecule has 1 aromatic heterocycles. The van der Waals surface area contributed by atoms with E-state index < -0.39 is 52.7 Å². The Labute approximate surface area is 190 Å². The molecule has 0 spiro atoms. The van der Waals surface area contributed by atoms with Gasteiger partial charge in [-0.2, -0.15) is 13.2 Å². The number of benzene rings is 1. The third-order valence-electron chi connectivity index (χ3n) is 6.95. The van der Waals surface area contributed by atoms with Gasteiger partial charge in [0.05, 0.1) is 18.2 Å². The summed E-state index contributed by atoms with van der Waals surface area (Å²) < 4.78 is 47.3. The van der Waals surface area contributed by atoms with Crippen LogP contribution in [-0.2, 0) is 17.3 Å². The van der Waals surface area contributed by atoms with Gasteiger partial charge in [0.15, 0.2) is 0 Å². The SMILES string of the molecule is O=C(O)c1cn(C2CC(N3CCOC3=O)C2)c(=O)n([C@@H]2CCc3c2cccc3C(F)(F)F)c1=O. The molecule has 1 N–H and O–H groups in total. The number of nitrogens with zero attached hydrogens (tertiary/aromatic N) is 3. The summed E-state index contributed by atoms with van der Waals surface area (Å²) in [6.45, 7) is 0.695. The molecule has 5 rings (SSSR count). The molecule has 12 heteroatoms. The number of alkyl halides is 3. The van der Waals surface area contributed by atoms with Crippen LogP contribution in [0.2, 0.25) is 0 Å². The Bertz CT molecular complexity index is 1310. The summed E-state index contributed by atoms with van der Waals surface area (Å²) >= 11 is 0. The second kappa shape index (κ2) is 7.74. The van der Waals surface area contributed by atoms with Crippen LogP contribution < -0.4 is 11.2 Å². The molecule has 2 aliphatic carbocycles. The Morgan fingerprint density at radius 1 is 1.12 bits per heavy atom. The topological polar surface area (TPSA) is 111 Å². The molecule has 9 nitrogen and oxygen atoms in total. The highest BCUT2D eigenvalue weighted by Crippen LogP contribution is 2.41. The fourth-order valence-corrected chi connectivity index (χ4v) is 5.22. The number of fused-ring (bicyclic) bond motifs is 1. The van der Waals surface area contributed by atoms with Crippen molar-refractivity contribution in [1.82, 2.24) is 14.0 Å². The minimum absolute atomic E-state index is 0.00143. The number of rotatable bonds is 4. The van der Waals surface area contributed by atoms with Gasteiger partial charge in [0.1, 0.15) is 12.2 Å². The first-order valence-electron chi connectivity index (χ1n) is 10.8. The smallest absolute Gasteiger partial charge is 0.416 e. The van der Waals surface area contributed by atoms with Crippen LogP contribution in [0.3, 0.4) is 0 Å². The number of carbonyl (C=O) groups excluding carboxylic acids is 1. The van der Waals surface area contributed by atoms with E-state index >= 15 is 0 Å². The molecule has 1 amide bonds. The number of carbonyl (C=O) groups is 2. The first-order valence-corrected chi connectivity index (χ1v) is 10.8. The Morgan fingerprint density at radius 3 is 2.47 bits per heavy atom. The molecule has 34 heavy (non-hydrogen) atoms. The molecule has 1 aliphatic heterocycles. The molecule has 0 bridgehead atoms. The maximum Gasteiger partial charge on any atom is 0.416 e. The molecule has 1 aromatic carbocycles. The Balaban J connectivity index is 1.56. The van der Waals surface area contributed by atoms with Gasteiger partial charge in [-0.1, -0.05) is 12.1 Å². The zero-order valence-electron chi connectivity index (χ0n) is 17.7. The average molecular weight is 479 g/mol. The Morgan fingerprint density at radius 2 is 1.85 bits per heavy atom. The maximum atomic E-state index is 13.5. The number of carboxylic acids is 1. The lowest BCUT2D eigenvalue weighted by Gasteiger charge is -2.40. The van der Waals surface area contributed by atoms with E-state index in [2.05, 4.69) is 0 Å². The summed E-state index contributed by atoms with van der Waals surface area (Å²) in [5.41, 5.74) is -3.09. The Kier molecular flexibility index (Phi) is 5.06. The summed E-state index contributed by atoms with van der Waals surface area (Å²) in [7, 11) is 0. The highest BCUT2D eigenvalue weighted by atomic mass is 19.4. The summed E-state index contributed by atoms with van der Waals surface area (Å²) in [6.07, 6.45) is -3.25. The van der Waals surface area contributed by atoms with Crippen molar-refractivity contribution < 1.29 is 32.6 Å². The van der Waals surface area contributed by atoms with Crippen LogP contribution >= 0.6 is 0 Å². The fraction of sp³-hybridized carbons (Fsp3) is 0.455. The third-order valence-corrected chi connectivity index (χ3v) is 6.95. The van der Waals surface area contributed by atoms with Gasteiger partial charge in [-0.3, -0.25) is 13.9 Å². The van der Waals surface area contributed by atoms with E-state index in [1.807, 2.05) is 0 Å². The lowest BCUT2D eigenvalue weighted by atomic mass is 9.85. The van der Waals surface area contributed by atoms with Gasteiger partial charge in [-0.25, -0.2) is 14.4 Å². The van der Waals surface area contributed by atoms with Crippen molar-refractivity contribution in [2.75, 3.05) is 13.2 Å². The minimum atomic E-state index is -4.59. The van der Waals surface area contributed by atoms with Crippen molar-refractivity contribution >= 4 is 12.1 Å². The number of amides is 1. The van der Waals surface area contributed by atoms with Gasteiger partial charge in [0.2, 0.25) is 0 Å². The van der Waals surface area contributed by atoms with Crippen molar-refractivity contribution in [1.29, 1.82) is 0 Å². The van der Waals surface area contributed by atoms with Crippen molar-refractivity contribution in [3.05, 3.63) is 67.5 Å². The normalized spacial score (nSPS) is 24.0. The first-order chi connectivity index (χ1) is 16.1. The minimum Gasteiger partial charge on any atom is -0.477 e. The molecule has 1 saturated carbocycles. The van der Waals surface area contributed by atoms with E-state index in [4.69, 9.17) is 4.74 Å². The van der Waals surface area contributed by atoms with Crippen molar-refractivity contribution in [3.63, 3.8) is 0 Å². The maximum absolute atomic E-state index is 13.5. The molecule has 2 fully saturated rings. The van der Waals surface area contributed by atoms with E-state index in [1.54, 1.807) is 4.90 Å². The number of halogens is 3. The largest absolute Gasteiger partial charge is 0.477 e. The second-order valence-electron chi connectivity index (χ2n) is 8.73. The van der Waals surface area contributed by atoms with Crippen LogP contribution in [0.25, 0.3) is 0 Å². The molecular weight excluding hydrogens is 459 g/mol. The van der Waals surface area contributed by atoms with Gasteiger partial charge < -0.3 is 14.7 Å². The molecule has 1 atom stereocenters. The van der Waals surface area contributed by atoms with Gasteiger partial charge in [0, 0.05) is 18.3 Å². The van der Waals surface area contributed by atoms with Crippen LogP contribution in [0.1, 0.15) is 58.4 Å². The predicted octanol–water partition coefficient (Wildman–Crippen LogP) is 2.42. The molecule has 0 radical (unpaired) electrons. The number of ether oxygens (including phenoxy) is 1. The second-order valence-corrected chi connectivity index (χ2v) is 8.73. The van der Waals surface area contributed by atoms with Gasteiger partial charge >= 0.3 is 23.9 Å². The quantitative estimate of drug-likeness (QED) is 0.721. The highest BCUT2D eigenvalue weighted by Gasteiger charge is 2.42. The third kappa shape index (κ3) is 3.39. The van der Waals surface area contributed by atoms with E-state index in [0.29, 0.717) is 19.4 Å². The van der Waals surface area contributed by atoms with Crippen LogP contribution in [0, 0.1) is 0 Å². The molecule has 3 aliphatic rings. The summed E-state index contributed by atoms with van der Waals surface area (Å²) in [5, 5.41) is 9.58. The lowest BCUT2D eigenvalue weighted by Crippen LogP contribution is -2.51. The van der Waals surface area contributed by atoms with Crippen LogP contribution in [0.5, 0.6) is 0 Å². The highest BCUT2D eigenvalue weighted by molar-refractivity contribution is 5.86. The summed E-state index contributed by atoms with van der Waals surface area (Å²) in [6, 6.07) is 1.96. The Hall–Kier alpha value is -3.57. The lowest BCUT2D eigenvalue weighted by molar-refractivity contribution is -0.138. The number of cyclic esters (lactones) is 1. The summed E-state index contributed by atoms with van der Waals surface area (Å²) in [4.78, 5) is 51.5. The molecular formula is C22H20F3N3O6. The van der Waals surface area contributed by atoms with Crippen LogP contribution in [-0.4, -0.2) is 50.4 Å². The molecule has 2 heterocycles. The van der Waals surface area contributed by atoms with E-state index in [0.717, 1.165) is 21.4 Å². The average Bonchev–Trinajstić information content (AvgIpc) is 3.34. The van der Waals surface area contributed by atoms with Gasteiger partial charge in [-0.15, -0.1) is 0 Å². The number of hydrogen-bond acceptors (Lipinski definition) is 5. The predicted molar refractivity (Wildman–Crippen MR) is 110 cm³/mol. The zero-order chi connectivity index (χ0) is 24.4. The number of carboxylic acid groups (broad SMARTS) is 1. The van der Waals surface area contributed by atoms with Gasteiger partial charge in [0.25, 0.3) is 5.56 Å². The van der Waals surface area contributed by atoms with Gasteiger partial charge in [-0.05, 0) is 42.9 Å². The molecule has 180 valence electrons. The van der Waals surface area contributed by atoms with Crippen molar-refractivity contribution in [2.24, 2.45) is 0 Å². The van der Waals surface area contributed by atoms with Crippen molar-refractivity contribution in [3.8, 4) is 0 Å². The molecule has 0 unspecified atom stereocenters. The van der Waals surface area contributed by atoms with Crippen LogP contribution in [0.15, 0.2) is 34.0 Å². The molecule has 2 aromatic rings. The monoisotopic (exact) mass is 479 g/mol.